The van der Waals surface area contributed by atoms with Gasteiger partial charge in [-0.05, 0) is 113 Å². The predicted molar refractivity (Wildman–Crippen MR) is 143 cm³/mol. The minimum Gasteiger partial charge on any atom is -0.0651 e. The summed E-state index contributed by atoms with van der Waals surface area (Å²) in [7, 11) is 0. The lowest BCUT2D eigenvalue weighted by Gasteiger charge is -2.70. The molecule has 0 heterocycles. The molecule has 5 fully saturated rings. The summed E-state index contributed by atoms with van der Waals surface area (Å²) in [4.78, 5) is 0. The van der Waals surface area contributed by atoms with Crippen LogP contribution in [0.25, 0.3) is 0 Å². The summed E-state index contributed by atoms with van der Waals surface area (Å²) in [6.45, 7) is 26.6. The highest BCUT2D eigenvalue weighted by atomic mass is 14.8. The highest BCUT2D eigenvalue weighted by molar-refractivity contribution is 5.27. The first-order valence-corrected chi connectivity index (χ1v) is 15.5. The first kappa shape index (κ1) is 24.7. The average Bonchev–Trinajstić information content (AvgIpc) is 3.49. The van der Waals surface area contributed by atoms with Crippen molar-refractivity contribution >= 4 is 0 Å². The molecule has 14 atom stereocenters. The molecule has 1 spiro atoms. The molecule has 5 aliphatic rings. The minimum atomic E-state index is 0.544. The molecular formula is C33H58. The van der Waals surface area contributed by atoms with Crippen LogP contribution in [0.2, 0.25) is 0 Å². The molecule has 0 nitrogen and oxygen atoms in total. The third kappa shape index (κ3) is 3.06. The maximum Gasteiger partial charge on any atom is -0.0178 e. The molecule has 5 aliphatic carbocycles. The molecule has 0 heteroatoms. The topological polar surface area (TPSA) is 0 Å². The van der Waals surface area contributed by atoms with Gasteiger partial charge in [0.05, 0.1) is 0 Å². The van der Waals surface area contributed by atoms with E-state index in [9.17, 15) is 0 Å². The molecule has 0 N–H and O–H groups in total. The smallest absolute Gasteiger partial charge is 0.0178 e. The van der Waals surface area contributed by atoms with E-state index in [0.717, 1.165) is 71.0 Å². The molecular weight excluding hydrogens is 396 g/mol. The van der Waals surface area contributed by atoms with E-state index >= 15 is 0 Å². The fourth-order valence-electron chi connectivity index (χ4n) is 13.6. The van der Waals surface area contributed by atoms with E-state index in [2.05, 4.69) is 69.2 Å². The van der Waals surface area contributed by atoms with Crippen LogP contribution in [0.4, 0.5) is 0 Å². The van der Waals surface area contributed by atoms with Crippen molar-refractivity contribution in [3.8, 4) is 0 Å². The van der Waals surface area contributed by atoms with Crippen LogP contribution in [0.1, 0.15) is 121 Å². The number of hydrogen-bond donors (Lipinski definition) is 0. The Labute approximate surface area is 207 Å². The SMILES string of the molecule is CCC(C)C1C(C)C(C(C)C)C2(C)CC3(C)CC4C(CC)CCCC4C(C)C3C(C)C23CC13. The molecule has 0 aromatic rings. The predicted octanol–water partition coefficient (Wildman–Crippen LogP) is 9.73. The van der Waals surface area contributed by atoms with Gasteiger partial charge in [-0.3, -0.25) is 0 Å². The van der Waals surface area contributed by atoms with Crippen LogP contribution in [0.5, 0.6) is 0 Å². The molecule has 0 aromatic heterocycles. The summed E-state index contributed by atoms with van der Waals surface area (Å²) in [5, 5.41) is 0. The van der Waals surface area contributed by atoms with Crippen molar-refractivity contribution in [2.24, 2.45) is 87.3 Å². The van der Waals surface area contributed by atoms with Crippen LogP contribution in [0, 0.1) is 87.3 Å². The average molecular weight is 455 g/mol. The van der Waals surface area contributed by atoms with Crippen LogP contribution >= 0.6 is 0 Å². The van der Waals surface area contributed by atoms with Gasteiger partial charge in [0.1, 0.15) is 0 Å². The van der Waals surface area contributed by atoms with Crippen molar-refractivity contribution in [1.29, 1.82) is 0 Å². The quantitative estimate of drug-likeness (QED) is 0.396. The van der Waals surface area contributed by atoms with Crippen LogP contribution in [0.15, 0.2) is 0 Å². The van der Waals surface area contributed by atoms with Crippen LogP contribution in [-0.2, 0) is 0 Å². The fraction of sp³-hybridized carbons (Fsp3) is 1.00. The van der Waals surface area contributed by atoms with E-state index in [4.69, 9.17) is 0 Å². The Hall–Kier alpha value is 0. The van der Waals surface area contributed by atoms with Crippen molar-refractivity contribution in [3.05, 3.63) is 0 Å². The van der Waals surface area contributed by atoms with Gasteiger partial charge in [0.2, 0.25) is 0 Å². The van der Waals surface area contributed by atoms with E-state index in [-0.39, 0.29) is 0 Å². The summed E-state index contributed by atoms with van der Waals surface area (Å²) >= 11 is 0. The van der Waals surface area contributed by atoms with E-state index in [0.29, 0.717) is 16.2 Å². The molecule has 0 aliphatic heterocycles. The van der Waals surface area contributed by atoms with Crippen molar-refractivity contribution in [2.75, 3.05) is 0 Å². The second kappa shape index (κ2) is 8.00. The maximum atomic E-state index is 2.84. The number of fused-ring (bicyclic) bond motifs is 2. The number of rotatable bonds is 4. The second-order valence-corrected chi connectivity index (χ2v) is 15.5. The summed E-state index contributed by atoms with van der Waals surface area (Å²) in [5.74, 6) is 11.4. The zero-order valence-electron chi connectivity index (χ0n) is 24.1. The van der Waals surface area contributed by atoms with Crippen molar-refractivity contribution in [1.82, 2.24) is 0 Å². The van der Waals surface area contributed by atoms with Crippen LogP contribution < -0.4 is 0 Å². The van der Waals surface area contributed by atoms with E-state index in [1.54, 1.807) is 12.8 Å². The Balaban J connectivity index is 1.59. The highest BCUT2D eigenvalue weighted by Gasteiger charge is 2.79. The van der Waals surface area contributed by atoms with Crippen molar-refractivity contribution in [3.63, 3.8) is 0 Å². The number of hydrogen-bond acceptors (Lipinski definition) is 0. The molecule has 33 heavy (non-hydrogen) atoms. The van der Waals surface area contributed by atoms with E-state index in [1.165, 1.54) is 38.5 Å². The monoisotopic (exact) mass is 454 g/mol. The lowest BCUT2D eigenvalue weighted by atomic mass is 9.35. The summed E-state index contributed by atoms with van der Waals surface area (Å²) in [5.41, 5.74) is 1.75. The van der Waals surface area contributed by atoms with E-state index in [1.807, 2.05) is 0 Å². The third-order valence-corrected chi connectivity index (χ3v) is 14.2. The molecule has 0 aromatic carbocycles. The van der Waals surface area contributed by atoms with Gasteiger partial charge >= 0.3 is 0 Å². The summed E-state index contributed by atoms with van der Waals surface area (Å²) in [6.07, 6.45) is 12.0. The molecule has 5 rings (SSSR count). The minimum absolute atomic E-state index is 0.544. The molecule has 5 saturated carbocycles. The molecule has 14 unspecified atom stereocenters. The van der Waals surface area contributed by atoms with Crippen LogP contribution in [0.3, 0.4) is 0 Å². The Kier molecular flexibility index (Phi) is 5.98. The molecule has 0 saturated heterocycles. The first-order valence-electron chi connectivity index (χ1n) is 15.5. The molecule has 0 bridgehead atoms. The zero-order chi connectivity index (χ0) is 24.1. The van der Waals surface area contributed by atoms with Gasteiger partial charge in [-0.1, -0.05) is 94.9 Å². The maximum absolute atomic E-state index is 2.84. The third-order valence-electron chi connectivity index (χ3n) is 14.2. The van der Waals surface area contributed by atoms with Crippen molar-refractivity contribution in [2.45, 2.75) is 121 Å². The summed E-state index contributed by atoms with van der Waals surface area (Å²) in [6, 6.07) is 0. The largest absolute Gasteiger partial charge is 0.0651 e. The summed E-state index contributed by atoms with van der Waals surface area (Å²) < 4.78 is 0. The van der Waals surface area contributed by atoms with E-state index < -0.39 is 0 Å². The van der Waals surface area contributed by atoms with Crippen LogP contribution in [-0.4, -0.2) is 0 Å². The van der Waals surface area contributed by atoms with Gasteiger partial charge in [-0.15, -0.1) is 0 Å². The first-order chi connectivity index (χ1) is 15.5. The Morgan fingerprint density at radius 1 is 0.879 bits per heavy atom. The zero-order valence-corrected chi connectivity index (χ0v) is 24.1. The van der Waals surface area contributed by atoms with Crippen molar-refractivity contribution < 1.29 is 0 Å². The Bertz CT molecular complexity index is 736. The van der Waals surface area contributed by atoms with Gasteiger partial charge in [0.25, 0.3) is 0 Å². The second-order valence-electron chi connectivity index (χ2n) is 15.5. The highest BCUT2D eigenvalue weighted by Crippen LogP contribution is 2.85. The Morgan fingerprint density at radius 2 is 1.58 bits per heavy atom. The van der Waals surface area contributed by atoms with Gasteiger partial charge < -0.3 is 0 Å². The Morgan fingerprint density at radius 3 is 2.18 bits per heavy atom. The lowest BCUT2D eigenvalue weighted by Crippen LogP contribution is -2.64. The van der Waals surface area contributed by atoms with Gasteiger partial charge in [-0.2, -0.15) is 0 Å². The standard InChI is InChI=1S/C33H58/c1-11-20(5)28-22(7)29(19(3)4)32(10)18-31(9)16-26-24(12-2)14-13-15-25(26)21(6)30(31)23(8)33(32)17-27(28)33/h19-30H,11-18H2,1-10H3. The van der Waals surface area contributed by atoms with Gasteiger partial charge in [0, 0.05) is 0 Å². The molecule has 0 radical (unpaired) electrons. The van der Waals surface area contributed by atoms with Gasteiger partial charge in [0.15, 0.2) is 0 Å². The normalized spacial score (nSPS) is 58.6. The molecule has 0 amide bonds. The lowest BCUT2D eigenvalue weighted by molar-refractivity contribution is -0.219. The molecule has 190 valence electrons. The van der Waals surface area contributed by atoms with Gasteiger partial charge in [-0.25, -0.2) is 0 Å². The fourth-order valence-corrected chi connectivity index (χ4v) is 13.6.